The lowest BCUT2D eigenvalue weighted by Crippen LogP contribution is -2.47. The van der Waals surface area contributed by atoms with Crippen molar-refractivity contribution in [1.82, 2.24) is 10.2 Å². The summed E-state index contributed by atoms with van der Waals surface area (Å²) in [6.45, 7) is 1.96. The van der Waals surface area contributed by atoms with E-state index in [1.165, 1.54) is 30.4 Å². The number of carbonyl (C=O) groups is 1. The van der Waals surface area contributed by atoms with E-state index >= 15 is 0 Å². The molecule has 3 rings (SSSR count). The number of hydrogen-bond donors (Lipinski definition) is 1. The van der Waals surface area contributed by atoms with Crippen molar-refractivity contribution in [2.75, 3.05) is 20.1 Å². The summed E-state index contributed by atoms with van der Waals surface area (Å²) in [4.78, 5) is 15.1. The molecular weight excluding hydrogens is 260 g/mol. The maximum Gasteiger partial charge on any atom is 0.226 e. The van der Waals surface area contributed by atoms with Gasteiger partial charge in [-0.2, -0.15) is 0 Å². The van der Waals surface area contributed by atoms with Crippen molar-refractivity contribution in [3.8, 4) is 0 Å². The molecule has 2 aliphatic rings. The van der Waals surface area contributed by atoms with Crippen LogP contribution < -0.4 is 5.32 Å². The summed E-state index contributed by atoms with van der Waals surface area (Å²) in [7, 11) is 1.99. The largest absolute Gasteiger partial charge is 0.339 e. The Hall–Kier alpha value is -1.35. The van der Waals surface area contributed by atoms with E-state index in [2.05, 4.69) is 34.5 Å². The minimum absolute atomic E-state index is 0.178. The fraction of sp³-hybridized carbons (Fsp3) is 0.611. The summed E-state index contributed by atoms with van der Waals surface area (Å²) >= 11 is 0. The Labute approximate surface area is 127 Å². The highest BCUT2D eigenvalue weighted by molar-refractivity contribution is 5.81. The van der Waals surface area contributed by atoms with E-state index < -0.39 is 0 Å². The molecule has 1 aromatic carbocycles. The summed E-state index contributed by atoms with van der Waals surface area (Å²) in [5.41, 5.74) is 2.75. The third-order valence-corrected chi connectivity index (χ3v) is 5.04. The first-order valence-corrected chi connectivity index (χ1v) is 8.31. The van der Waals surface area contributed by atoms with Gasteiger partial charge in [0, 0.05) is 18.5 Å². The minimum Gasteiger partial charge on any atom is -0.339 e. The SMILES string of the molecule is CNCCC1CCCCN1C(=O)C1Cc2ccccc2C1. The van der Waals surface area contributed by atoms with Crippen molar-refractivity contribution < 1.29 is 4.79 Å². The summed E-state index contributed by atoms with van der Waals surface area (Å²) < 4.78 is 0. The number of amides is 1. The average Bonchev–Trinajstić information content (AvgIpc) is 2.96. The Morgan fingerprint density at radius 1 is 1.24 bits per heavy atom. The van der Waals surface area contributed by atoms with Crippen molar-refractivity contribution in [1.29, 1.82) is 0 Å². The maximum absolute atomic E-state index is 12.9. The van der Waals surface area contributed by atoms with E-state index in [1.54, 1.807) is 0 Å². The standard InChI is InChI=1S/C18H26N2O/c1-19-10-9-17-8-4-5-11-20(17)18(21)16-12-14-6-2-3-7-15(14)13-16/h2-3,6-7,16-17,19H,4-5,8-13H2,1H3. The number of nitrogens with one attached hydrogen (secondary N) is 1. The molecule has 1 aromatic rings. The molecule has 21 heavy (non-hydrogen) atoms. The lowest BCUT2D eigenvalue weighted by molar-refractivity contribution is -0.139. The Morgan fingerprint density at radius 3 is 2.62 bits per heavy atom. The van der Waals surface area contributed by atoms with E-state index in [-0.39, 0.29) is 5.92 Å². The number of benzene rings is 1. The van der Waals surface area contributed by atoms with Crippen LogP contribution in [0.4, 0.5) is 0 Å². The lowest BCUT2D eigenvalue weighted by Gasteiger charge is -2.37. The molecule has 1 heterocycles. The van der Waals surface area contributed by atoms with Gasteiger partial charge in [-0.05, 0) is 63.2 Å². The fourth-order valence-electron chi connectivity index (χ4n) is 3.87. The van der Waals surface area contributed by atoms with Gasteiger partial charge < -0.3 is 10.2 Å². The van der Waals surface area contributed by atoms with Gasteiger partial charge in [-0.3, -0.25) is 4.79 Å². The normalized spacial score (nSPS) is 22.3. The minimum atomic E-state index is 0.178. The zero-order valence-electron chi connectivity index (χ0n) is 13.0. The molecule has 0 radical (unpaired) electrons. The Balaban J connectivity index is 1.67. The molecule has 1 amide bonds. The summed E-state index contributed by atoms with van der Waals surface area (Å²) in [5, 5.41) is 3.22. The molecule has 0 bridgehead atoms. The van der Waals surface area contributed by atoms with Gasteiger partial charge in [0.1, 0.15) is 0 Å². The molecule has 0 aromatic heterocycles. The number of nitrogens with zero attached hydrogens (tertiary/aromatic N) is 1. The van der Waals surface area contributed by atoms with Gasteiger partial charge in [-0.25, -0.2) is 0 Å². The van der Waals surface area contributed by atoms with Crippen molar-refractivity contribution in [2.24, 2.45) is 5.92 Å². The van der Waals surface area contributed by atoms with E-state index in [0.717, 1.165) is 32.4 Å². The van der Waals surface area contributed by atoms with Crippen LogP contribution >= 0.6 is 0 Å². The molecule has 0 saturated carbocycles. The van der Waals surface area contributed by atoms with Crippen molar-refractivity contribution >= 4 is 5.91 Å². The average molecular weight is 286 g/mol. The molecule has 1 aliphatic carbocycles. The number of piperidine rings is 1. The molecule has 1 saturated heterocycles. The molecule has 1 N–H and O–H groups in total. The van der Waals surface area contributed by atoms with Gasteiger partial charge in [-0.15, -0.1) is 0 Å². The van der Waals surface area contributed by atoms with E-state index in [4.69, 9.17) is 0 Å². The molecule has 3 nitrogen and oxygen atoms in total. The van der Waals surface area contributed by atoms with Crippen LogP contribution in [0.3, 0.4) is 0 Å². The highest BCUT2D eigenvalue weighted by Gasteiger charge is 2.34. The van der Waals surface area contributed by atoms with E-state index in [9.17, 15) is 4.79 Å². The van der Waals surface area contributed by atoms with Crippen LogP contribution in [0.1, 0.15) is 36.8 Å². The van der Waals surface area contributed by atoms with Crippen LogP contribution in [0.15, 0.2) is 24.3 Å². The monoisotopic (exact) mass is 286 g/mol. The molecule has 3 heteroatoms. The Morgan fingerprint density at radius 2 is 1.95 bits per heavy atom. The first-order valence-electron chi connectivity index (χ1n) is 8.31. The van der Waals surface area contributed by atoms with Gasteiger partial charge in [0.15, 0.2) is 0 Å². The van der Waals surface area contributed by atoms with Crippen LogP contribution in [-0.2, 0) is 17.6 Å². The molecule has 1 atom stereocenters. The quantitative estimate of drug-likeness (QED) is 0.922. The van der Waals surface area contributed by atoms with Crippen LogP contribution in [0, 0.1) is 5.92 Å². The second kappa shape index (κ2) is 6.61. The van der Waals surface area contributed by atoms with Gasteiger partial charge >= 0.3 is 0 Å². The van der Waals surface area contributed by atoms with Gasteiger partial charge in [0.25, 0.3) is 0 Å². The van der Waals surface area contributed by atoms with Crippen molar-refractivity contribution in [3.05, 3.63) is 35.4 Å². The molecule has 1 fully saturated rings. The predicted molar refractivity (Wildman–Crippen MR) is 85.2 cm³/mol. The van der Waals surface area contributed by atoms with Gasteiger partial charge in [-0.1, -0.05) is 24.3 Å². The smallest absolute Gasteiger partial charge is 0.226 e. The number of fused-ring (bicyclic) bond motifs is 1. The summed E-state index contributed by atoms with van der Waals surface area (Å²) in [5.74, 6) is 0.574. The highest BCUT2D eigenvalue weighted by Crippen LogP contribution is 2.30. The third kappa shape index (κ3) is 3.13. The van der Waals surface area contributed by atoms with Crippen molar-refractivity contribution in [3.63, 3.8) is 0 Å². The van der Waals surface area contributed by atoms with Crippen molar-refractivity contribution in [2.45, 2.75) is 44.6 Å². The number of likely N-dealkylation sites (tertiary alicyclic amines) is 1. The molecule has 0 spiro atoms. The van der Waals surface area contributed by atoms with E-state index in [0.29, 0.717) is 11.9 Å². The zero-order valence-corrected chi connectivity index (χ0v) is 13.0. The summed E-state index contributed by atoms with van der Waals surface area (Å²) in [6.07, 6.45) is 6.56. The van der Waals surface area contributed by atoms with Gasteiger partial charge in [0.05, 0.1) is 0 Å². The number of rotatable bonds is 4. The second-order valence-electron chi connectivity index (χ2n) is 6.45. The molecule has 114 valence electrons. The predicted octanol–water partition coefficient (Wildman–Crippen LogP) is 2.39. The molecular formula is C18H26N2O. The van der Waals surface area contributed by atoms with Crippen LogP contribution in [-0.4, -0.2) is 37.0 Å². The van der Waals surface area contributed by atoms with Gasteiger partial charge in [0.2, 0.25) is 5.91 Å². The molecule has 1 unspecified atom stereocenters. The second-order valence-corrected chi connectivity index (χ2v) is 6.45. The lowest BCUT2D eigenvalue weighted by atomic mass is 9.95. The third-order valence-electron chi connectivity index (χ3n) is 5.04. The van der Waals surface area contributed by atoms with E-state index in [1.807, 2.05) is 7.05 Å². The number of hydrogen-bond acceptors (Lipinski definition) is 2. The Bertz CT molecular complexity index is 475. The van der Waals surface area contributed by atoms with Crippen LogP contribution in [0.2, 0.25) is 0 Å². The van der Waals surface area contributed by atoms with Crippen LogP contribution in [0.25, 0.3) is 0 Å². The molecule has 1 aliphatic heterocycles. The fourth-order valence-corrected chi connectivity index (χ4v) is 3.87. The maximum atomic E-state index is 12.9. The summed E-state index contributed by atoms with van der Waals surface area (Å²) in [6, 6.07) is 8.97. The first kappa shape index (κ1) is 14.6. The zero-order chi connectivity index (χ0) is 14.7. The Kier molecular flexibility index (Phi) is 4.59. The van der Waals surface area contributed by atoms with Crippen LogP contribution in [0.5, 0.6) is 0 Å². The number of carbonyl (C=O) groups excluding carboxylic acids is 1. The topological polar surface area (TPSA) is 32.3 Å². The first-order chi connectivity index (χ1) is 10.3. The highest BCUT2D eigenvalue weighted by atomic mass is 16.2.